The third-order valence-corrected chi connectivity index (χ3v) is 3.42. The predicted octanol–water partition coefficient (Wildman–Crippen LogP) is 6.68. The summed E-state index contributed by atoms with van der Waals surface area (Å²) in [4.78, 5) is 0. The Morgan fingerprint density at radius 2 is 1.28 bits per heavy atom. The number of rotatable bonds is 13. The lowest BCUT2D eigenvalue weighted by atomic mass is 10.0. The van der Waals surface area contributed by atoms with Crippen LogP contribution in [0.2, 0.25) is 0 Å². The lowest BCUT2D eigenvalue weighted by Gasteiger charge is -2.04. The van der Waals surface area contributed by atoms with E-state index >= 15 is 0 Å². The summed E-state index contributed by atoms with van der Waals surface area (Å²) in [5.74, 6) is 0.889. The van der Waals surface area contributed by atoms with Crippen LogP contribution in [0, 0.1) is 5.92 Å². The van der Waals surface area contributed by atoms with Crippen molar-refractivity contribution in [2.75, 3.05) is 0 Å². The Kier molecular flexibility index (Phi) is 14.1. The highest BCUT2D eigenvalue weighted by Gasteiger charge is 1.95. The average Bonchev–Trinajstić information content (AvgIpc) is 2.34. The zero-order chi connectivity index (χ0) is 13.5. The summed E-state index contributed by atoms with van der Waals surface area (Å²) < 4.78 is 0. The van der Waals surface area contributed by atoms with E-state index in [0.29, 0.717) is 0 Å². The molecule has 0 atom stereocenters. The number of allylic oxidation sites excluding steroid dienone is 3. The second-order valence-electron chi connectivity index (χ2n) is 5.82. The Labute approximate surface area is 116 Å². The molecule has 0 bridgehead atoms. The van der Waals surface area contributed by atoms with E-state index in [1.54, 1.807) is 0 Å². The van der Waals surface area contributed by atoms with E-state index in [1.165, 1.54) is 70.6 Å². The van der Waals surface area contributed by atoms with Crippen LogP contribution >= 0.6 is 0 Å². The minimum absolute atomic E-state index is 0.889. The molecule has 0 heterocycles. The van der Waals surface area contributed by atoms with Crippen molar-refractivity contribution in [1.29, 1.82) is 0 Å². The fourth-order valence-corrected chi connectivity index (χ4v) is 2.24. The molecule has 0 aliphatic heterocycles. The highest BCUT2D eigenvalue weighted by molar-refractivity contribution is 4.96. The maximum Gasteiger partial charge on any atom is -0.0348 e. The van der Waals surface area contributed by atoms with Crippen molar-refractivity contribution in [3.63, 3.8) is 0 Å². The largest absolute Gasteiger partial charge is 0.0991 e. The van der Waals surface area contributed by atoms with Crippen LogP contribution in [-0.2, 0) is 0 Å². The summed E-state index contributed by atoms with van der Waals surface area (Å²) in [6.45, 7) is 8.32. The average molecular weight is 250 g/mol. The summed E-state index contributed by atoms with van der Waals surface area (Å²) >= 11 is 0. The molecule has 0 amide bonds. The van der Waals surface area contributed by atoms with Gasteiger partial charge in [0.15, 0.2) is 0 Å². The molecular formula is C18H34. The maximum atomic E-state index is 3.67. The molecule has 18 heavy (non-hydrogen) atoms. The van der Waals surface area contributed by atoms with Gasteiger partial charge in [0.25, 0.3) is 0 Å². The van der Waals surface area contributed by atoms with Crippen molar-refractivity contribution in [2.45, 2.75) is 84.5 Å². The molecule has 0 aromatic heterocycles. The van der Waals surface area contributed by atoms with Gasteiger partial charge >= 0.3 is 0 Å². The molecule has 0 N–H and O–H groups in total. The molecule has 0 rings (SSSR count). The topological polar surface area (TPSA) is 0 Å². The number of unbranched alkanes of at least 4 members (excludes halogenated alkanes) is 9. The molecule has 0 unspecified atom stereocenters. The van der Waals surface area contributed by atoms with Crippen molar-refractivity contribution < 1.29 is 0 Å². The van der Waals surface area contributed by atoms with Crippen molar-refractivity contribution in [1.82, 2.24) is 0 Å². The van der Waals surface area contributed by atoms with Crippen LogP contribution in [-0.4, -0.2) is 0 Å². The normalized spacial score (nSPS) is 11.5. The Hall–Kier alpha value is -0.520. The molecule has 0 aliphatic carbocycles. The summed E-state index contributed by atoms with van der Waals surface area (Å²) in [6.07, 6.45) is 21.6. The lowest BCUT2D eigenvalue weighted by Crippen LogP contribution is -1.87. The predicted molar refractivity (Wildman–Crippen MR) is 85.0 cm³/mol. The molecular weight excluding hydrogens is 216 g/mol. The summed E-state index contributed by atoms with van der Waals surface area (Å²) in [5.41, 5.74) is 0. The van der Waals surface area contributed by atoms with Crippen LogP contribution in [0.25, 0.3) is 0 Å². The van der Waals surface area contributed by atoms with Gasteiger partial charge in [-0.05, 0) is 18.8 Å². The van der Waals surface area contributed by atoms with E-state index in [1.807, 2.05) is 6.08 Å². The number of hydrogen-bond acceptors (Lipinski definition) is 0. The molecule has 0 radical (unpaired) electrons. The van der Waals surface area contributed by atoms with Crippen LogP contribution in [0.15, 0.2) is 24.8 Å². The Bertz CT molecular complexity index is 188. The minimum Gasteiger partial charge on any atom is -0.0991 e. The lowest BCUT2D eigenvalue weighted by molar-refractivity contribution is 0.506. The van der Waals surface area contributed by atoms with E-state index in [9.17, 15) is 0 Å². The molecule has 0 aromatic carbocycles. The van der Waals surface area contributed by atoms with Gasteiger partial charge in [-0.1, -0.05) is 96.4 Å². The zero-order valence-electron chi connectivity index (χ0n) is 12.8. The van der Waals surface area contributed by atoms with Gasteiger partial charge in [-0.3, -0.25) is 0 Å². The Morgan fingerprint density at radius 3 is 1.78 bits per heavy atom. The van der Waals surface area contributed by atoms with Gasteiger partial charge in [0.1, 0.15) is 0 Å². The Balaban J connectivity index is 2.98. The molecule has 0 saturated heterocycles. The molecule has 0 aromatic rings. The van der Waals surface area contributed by atoms with E-state index in [2.05, 4.69) is 32.6 Å². The third-order valence-electron chi connectivity index (χ3n) is 3.42. The minimum atomic E-state index is 0.889. The van der Waals surface area contributed by atoms with Gasteiger partial charge in [0.2, 0.25) is 0 Å². The van der Waals surface area contributed by atoms with Crippen molar-refractivity contribution in [3.8, 4) is 0 Å². The molecule has 0 nitrogen and oxygen atoms in total. The molecule has 106 valence electrons. The number of hydrogen-bond donors (Lipinski definition) is 0. The van der Waals surface area contributed by atoms with Crippen LogP contribution < -0.4 is 0 Å². The third kappa shape index (κ3) is 15.5. The van der Waals surface area contributed by atoms with Gasteiger partial charge in [-0.15, -0.1) is 0 Å². The first-order valence-electron chi connectivity index (χ1n) is 8.05. The fraction of sp³-hybridized carbons (Fsp3) is 0.778. The van der Waals surface area contributed by atoms with Crippen molar-refractivity contribution in [3.05, 3.63) is 24.8 Å². The van der Waals surface area contributed by atoms with Crippen LogP contribution in [0.4, 0.5) is 0 Å². The second kappa shape index (κ2) is 14.5. The van der Waals surface area contributed by atoms with Crippen molar-refractivity contribution >= 4 is 0 Å². The molecule has 0 spiro atoms. The highest BCUT2D eigenvalue weighted by Crippen LogP contribution is 2.13. The first kappa shape index (κ1) is 17.5. The van der Waals surface area contributed by atoms with Crippen LogP contribution in [0.5, 0.6) is 0 Å². The fourth-order valence-electron chi connectivity index (χ4n) is 2.24. The summed E-state index contributed by atoms with van der Waals surface area (Å²) in [5, 5.41) is 0. The molecule has 0 saturated carbocycles. The first-order chi connectivity index (χ1) is 8.77. The van der Waals surface area contributed by atoms with E-state index in [4.69, 9.17) is 0 Å². The van der Waals surface area contributed by atoms with E-state index < -0.39 is 0 Å². The quantitative estimate of drug-likeness (QED) is 0.253. The van der Waals surface area contributed by atoms with Gasteiger partial charge in [0, 0.05) is 0 Å². The molecule has 0 aliphatic rings. The van der Waals surface area contributed by atoms with Crippen LogP contribution in [0.1, 0.15) is 84.5 Å². The van der Waals surface area contributed by atoms with Crippen LogP contribution in [0.3, 0.4) is 0 Å². The first-order valence-corrected chi connectivity index (χ1v) is 8.05. The van der Waals surface area contributed by atoms with Gasteiger partial charge in [-0.2, -0.15) is 0 Å². The maximum absolute atomic E-state index is 3.67. The van der Waals surface area contributed by atoms with E-state index in [0.717, 1.165) is 5.92 Å². The highest BCUT2D eigenvalue weighted by atomic mass is 14.0. The van der Waals surface area contributed by atoms with Gasteiger partial charge < -0.3 is 0 Å². The Morgan fingerprint density at radius 1 is 0.778 bits per heavy atom. The monoisotopic (exact) mass is 250 g/mol. The standard InChI is InChI=1S/C18H34/c1-4-5-6-7-8-9-10-11-12-13-14-15-16-17-18(2)3/h4-6,18H,1,7-17H2,2-3H3. The SMILES string of the molecule is C=CC=CCCCCCCCCCCCC(C)C. The van der Waals surface area contributed by atoms with E-state index in [-0.39, 0.29) is 0 Å². The van der Waals surface area contributed by atoms with Gasteiger partial charge in [-0.25, -0.2) is 0 Å². The van der Waals surface area contributed by atoms with Gasteiger partial charge in [0.05, 0.1) is 0 Å². The second-order valence-corrected chi connectivity index (χ2v) is 5.82. The smallest absolute Gasteiger partial charge is 0.0348 e. The summed E-state index contributed by atoms with van der Waals surface area (Å²) in [7, 11) is 0. The molecule has 0 heteroatoms. The molecule has 0 fully saturated rings. The van der Waals surface area contributed by atoms with Crippen molar-refractivity contribution in [2.24, 2.45) is 5.92 Å². The zero-order valence-corrected chi connectivity index (χ0v) is 12.8. The summed E-state index contributed by atoms with van der Waals surface area (Å²) in [6, 6.07) is 0.